The summed E-state index contributed by atoms with van der Waals surface area (Å²) in [5, 5.41) is 2.99. The van der Waals surface area contributed by atoms with E-state index in [2.05, 4.69) is 29.6 Å². The summed E-state index contributed by atoms with van der Waals surface area (Å²) in [4.78, 5) is 11.0. The van der Waals surface area contributed by atoms with E-state index in [0.717, 1.165) is 19.3 Å². The summed E-state index contributed by atoms with van der Waals surface area (Å²) >= 11 is 0. The minimum absolute atomic E-state index is 0.211. The Morgan fingerprint density at radius 2 is 2.07 bits per heavy atom. The van der Waals surface area contributed by atoms with Crippen LogP contribution in [0.2, 0.25) is 0 Å². The summed E-state index contributed by atoms with van der Waals surface area (Å²) in [5.74, 6) is 0.211. The van der Waals surface area contributed by atoms with Crippen molar-refractivity contribution in [2.75, 3.05) is 0 Å². The molecule has 2 rings (SSSR count). The molecule has 0 unspecified atom stereocenters. The molecule has 0 aliphatic carbocycles. The molecule has 1 aliphatic rings. The van der Waals surface area contributed by atoms with E-state index >= 15 is 0 Å². The summed E-state index contributed by atoms with van der Waals surface area (Å²) < 4.78 is 0. The van der Waals surface area contributed by atoms with Crippen molar-refractivity contribution in [1.29, 1.82) is 0 Å². The van der Waals surface area contributed by atoms with Gasteiger partial charge in [-0.3, -0.25) is 4.79 Å². The first-order chi connectivity index (χ1) is 6.84. The number of aryl methyl sites for hydroxylation is 1. The van der Waals surface area contributed by atoms with Crippen LogP contribution in [0, 0.1) is 0 Å². The molecule has 0 aromatic heterocycles. The van der Waals surface area contributed by atoms with Gasteiger partial charge in [0.25, 0.3) is 0 Å². The molecular formula is C12H15NO. The van der Waals surface area contributed by atoms with Gasteiger partial charge in [0, 0.05) is 12.5 Å². The van der Waals surface area contributed by atoms with E-state index in [1.807, 2.05) is 6.07 Å². The Morgan fingerprint density at radius 3 is 2.71 bits per heavy atom. The van der Waals surface area contributed by atoms with Gasteiger partial charge in [0.1, 0.15) is 0 Å². The Labute approximate surface area is 84.3 Å². The van der Waals surface area contributed by atoms with Crippen LogP contribution in [0.5, 0.6) is 0 Å². The summed E-state index contributed by atoms with van der Waals surface area (Å²) in [6.45, 7) is 0. The second kappa shape index (κ2) is 4.27. The maximum Gasteiger partial charge on any atom is 0.220 e. The fourth-order valence-corrected chi connectivity index (χ4v) is 1.88. The predicted octanol–water partition coefficient (Wildman–Crippen LogP) is 1.90. The summed E-state index contributed by atoms with van der Waals surface area (Å²) in [7, 11) is 0. The highest BCUT2D eigenvalue weighted by atomic mass is 16.1. The van der Waals surface area contributed by atoms with E-state index < -0.39 is 0 Å². The van der Waals surface area contributed by atoms with Crippen LogP contribution in [-0.2, 0) is 11.2 Å². The van der Waals surface area contributed by atoms with Crippen LogP contribution in [0.1, 0.15) is 24.8 Å². The molecule has 2 nitrogen and oxygen atoms in total. The monoisotopic (exact) mass is 189 g/mol. The molecule has 74 valence electrons. The third-order valence-corrected chi connectivity index (χ3v) is 2.71. The smallest absolute Gasteiger partial charge is 0.220 e. The fourth-order valence-electron chi connectivity index (χ4n) is 1.88. The summed E-state index contributed by atoms with van der Waals surface area (Å²) in [6, 6.07) is 10.8. The average molecular weight is 189 g/mol. The van der Waals surface area contributed by atoms with Gasteiger partial charge in [-0.05, 0) is 24.8 Å². The van der Waals surface area contributed by atoms with E-state index in [1.54, 1.807) is 0 Å². The zero-order valence-electron chi connectivity index (χ0n) is 8.20. The molecule has 1 amide bonds. The molecule has 1 heterocycles. The van der Waals surface area contributed by atoms with Crippen molar-refractivity contribution in [3.05, 3.63) is 35.9 Å². The number of carbonyl (C=O) groups excluding carboxylic acids is 1. The first-order valence-corrected chi connectivity index (χ1v) is 5.18. The lowest BCUT2D eigenvalue weighted by Crippen LogP contribution is -2.25. The highest BCUT2D eigenvalue weighted by molar-refractivity contribution is 5.78. The maximum absolute atomic E-state index is 11.0. The fraction of sp³-hybridized carbons (Fsp3) is 0.417. The van der Waals surface area contributed by atoms with E-state index in [1.165, 1.54) is 5.56 Å². The van der Waals surface area contributed by atoms with Crippen LogP contribution in [0.15, 0.2) is 30.3 Å². The lowest BCUT2D eigenvalue weighted by Gasteiger charge is -2.08. The predicted molar refractivity (Wildman–Crippen MR) is 55.9 cm³/mol. The summed E-state index contributed by atoms with van der Waals surface area (Å²) in [5.41, 5.74) is 1.36. The Bertz CT molecular complexity index is 307. The van der Waals surface area contributed by atoms with Gasteiger partial charge < -0.3 is 5.32 Å². The van der Waals surface area contributed by atoms with Gasteiger partial charge in [-0.15, -0.1) is 0 Å². The molecule has 0 bridgehead atoms. The summed E-state index contributed by atoms with van der Waals surface area (Å²) in [6.07, 6.45) is 3.84. The Kier molecular flexibility index (Phi) is 2.82. The molecule has 1 saturated heterocycles. The van der Waals surface area contributed by atoms with Crippen molar-refractivity contribution in [2.45, 2.75) is 31.7 Å². The Hall–Kier alpha value is -1.31. The largest absolute Gasteiger partial charge is 0.353 e. The van der Waals surface area contributed by atoms with Crippen LogP contribution in [0.4, 0.5) is 0 Å². The van der Waals surface area contributed by atoms with Gasteiger partial charge in [-0.2, -0.15) is 0 Å². The van der Waals surface area contributed by atoms with Gasteiger partial charge in [0.2, 0.25) is 5.91 Å². The average Bonchev–Trinajstić information content (AvgIpc) is 2.63. The van der Waals surface area contributed by atoms with Gasteiger partial charge in [-0.25, -0.2) is 0 Å². The number of hydrogen-bond donors (Lipinski definition) is 1. The van der Waals surface area contributed by atoms with E-state index in [9.17, 15) is 4.79 Å². The van der Waals surface area contributed by atoms with Gasteiger partial charge in [0.15, 0.2) is 0 Å². The van der Waals surface area contributed by atoms with Crippen molar-refractivity contribution in [3.8, 4) is 0 Å². The molecule has 1 fully saturated rings. The maximum atomic E-state index is 11.0. The van der Waals surface area contributed by atoms with Gasteiger partial charge in [0.05, 0.1) is 0 Å². The van der Waals surface area contributed by atoms with Crippen LogP contribution >= 0.6 is 0 Å². The van der Waals surface area contributed by atoms with Crippen molar-refractivity contribution in [3.63, 3.8) is 0 Å². The van der Waals surface area contributed by atoms with Crippen molar-refractivity contribution in [1.82, 2.24) is 5.32 Å². The topological polar surface area (TPSA) is 29.1 Å². The highest BCUT2D eigenvalue weighted by Gasteiger charge is 2.19. The molecule has 1 aliphatic heterocycles. The zero-order chi connectivity index (χ0) is 9.80. The first-order valence-electron chi connectivity index (χ1n) is 5.18. The SMILES string of the molecule is O=C1CC[C@H](CCc2ccccc2)N1. The second-order valence-corrected chi connectivity index (χ2v) is 3.83. The Morgan fingerprint density at radius 1 is 1.29 bits per heavy atom. The van der Waals surface area contributed by atoms with Crippen molar-refractivity contribution >= 4 is 5.91 Å². The normalized spacial score (nSPS) is 20.9. The van der Waals surface area contributed by atoms with E-state index in [-0.39, 0.29) is 5.91 Å². The number of nitrogens with one attached hydrogen (secondary N) is 1. The molecular weight excluding hydrogens is 174 g/mol. The minimum Gasteiger partial charge on any atom is -0.353 e. The number of carbonyl (C=O) groups is 1. The molecule has 1 aromatic rings. The quantitative estimate of drug-likeness (QED) is 0.773. The van der Waals surface area contributed by atoms with Crippen LogP contribution < -0.4 is 5.32 Å². The van der Waals surface area contributed by atoms with Crippen molar-refractivity contribution < 1.29 is 4.79 Å². The number of hydrogen-bond acceptors (Lipinski definition) is 1. The van der Waals surface area contributed by atoms with Gasteiger partial charge in [-0.1, -0.05) is 30.3 Å². The van der Waals surface area contributed by atoms with Crippen LogP contribution in [0.3, 0.4) is 0 Å². The van der Waals surface area contributed by atoms with E-state index in [4.69, 9.17) is 0 Å². The Balaban J connectivity index is 1.80. The van der Waals surface area contributed by atoms with Crippen LogP contribution in [0.25, 0.3) is 0 Å². The van der Waals surface area contributed by atoms with Gasteiger partial charge >= 0.3 is 0 Å². The van der Waals surface area contributed by atoms with Crippen LogP contribution in [-0.4, -0.2) is 11.9 Å². The second-order valence-electron chi connectivity index (χ2n) is 3.83. The number of benzene rings is 1. The minimum atomic E-state index is 0.211. The van der Waals surface area contributed by atoms with E-state index in [0.29, 0.717) is 12.5 Å². The third-order valence-electron chi connectivity index (χ3n) is 2.71. The lowest BCUT2D eigenvalue weighted by atomic mass is 10.0. The highest BCUT2D eigenvalue weighted by Crippen LogP contribution is 2.13. The zero-order valence-corrected chi connectivity index (χ0v) is 8.20. The first kappa shape index (κ1) is 9.25. The van der Waals surface area contributed by atoms with Crippen molar-refractivity contribution in [2.24, 2.45) is 0 Å². The molecule has 1 N–H and O–H groups in total. The number of amides is 1. The third kappa shape index (κ3) is 2.34. The standard InChI is InChI=1S/C12H15NO/c14-12-9-8-11(13-12)7-6-10-4-2-1-3-5-10/h1-5,11H,6-9H2,(H,13,14)/t11-/m0/s1. The molecule has 0 spiro atoms. The molecule has 0 saturated carbocycles. The lowest BCUT2D eigenvalue weighted by molar-refractivity contribution is -0.119. The molecule has 2 heteroatoms. The molecule has 14 heavy (non-hydrogen) atoms. The molecule has 1 aromatic carbocycles. The molecule has 1 atom stereocenters. The number of rotatable bonds is 3. The molecule has 0 radical (unpaired) electrons.